The van der Waals surface area contributed by atoms with Crippen LogP contribution in [0.1, 0.15) is 13.3 Å². The molecule has 0 aromatic rings. The normalized spacial score (nSPS) is 8.43. The predicted molar refractivity (Wildman–Crippen MR) is 31.6 cm³/mol. The Balaban J connectivity index is 3.72. The summed E-state index contributed by atoms with van der Waals surface area (Å²) in [6.45, 7) is 2.04. The van der Waals surface area contributed by atoms with Gasteiger partial charge in [-0.2, -0.15) is 0 Å². The van der Waals surface area contributed by atoms with Crippen LogP contribution in [-0.2, 0) is 0 Å². The van der Waals surface area contributed by atoms with E-state index in [9.17, 15) is 0 Å². The molecule has 0 amide bonds. The average Bonchev–Trinajstić information content (AvgIpc) is 1.65. The summed E-state index contributed by atoms with van der Waals surface area (Å²) in [5, 5.41) is 0. The molecule has 0 aliphatic carbocycles. The van der Waals surface area contributed by atoms with Crippen molar-refractivity contribution in [2.45, 2.75) is 13.3 Å². The van der Waals surface area contributed by atoms with Gasteiger partial charge in [0.25, 0.3) is 0 Å². The molecule has 0 fully saturated rings. The molecule has 0 atom stereocenters. The standard InChI is InChI=1S/C5H12N2/c1-4-5(6)7(2)3/h6H,4H2,1-3H3/p+1. The van der Waals surface area contributed by atoms with Gasteiger partial charge in [-0.15, -0.1) is 0 Å². The van der Waals surface area contributed by atoms with Crippen LogP contribution in [0.2, 0.25) is 0 Å². The lowest BCUT2D eigenvalue weighted by Gasteiger charge is -1.90. The van der Waals surface area contributed by atoms with Gasteiger partial charge in [-0.3, -0.25) is 10.3 Å². The second-order valence-corrected chi connectivity index (χ2v) is 1.74. The van der Waals surface area contributed by atoms with Gasteiger partial charge in [-0.25, -0.2) is 0 Å². The first kappa shape index (κ1) is 6.47. The summed E-state index contributed by atoms with van der Waals surface area (Å²) in [4.78, 5) is 0. The molecular formula is C5H13N2+. The van der Waals surface area contributed by atoms with E-state index in [1.807, 2.05) is 25.6 Å². The lowest BCUT2D eigenvalue weighted by molar-refractivity contribution is -0.466. The van der Waals surface area contributed by atoms with Gasteiger partial charge in [-0.05, 0) is 0 Å². The smallest absolute Gasteiger partial charge is 0.241 e. The number of hydrogen-bond acceptors (Lipinski definition) is 0. The summed E-state index contributed by atoms with van der Waals surface area (Å²) < 4.78 is 1.92. The maximum atomic E-state index is 5.46. The topological polar surface area (TPSA) is 29.0 Å². The SMILES string of the molecule is CCC(N)=[N+](C)C. The van der Waals surface area contributed by atoms with Gasteiger partial charge < -0.3 is 0 Å². The molecule has 0 aliphatic rings. The van der Waals surface area contributed by atoms with Crippen molar-refractivity contribution in [1.82, 2.24) is 0 Å². The molecule has 0 aromatic heterocycles. The number of rotatable bonds is 1. The Labute approximate surface area is 44.6 Å². The van der Waals surface area contributed by atoms with Crippen molar-refractivity contribution in [2.24, 2.45) is 5.73 Å². The van der Waals surface area contributed by atoms with Crippen molar-refractivity contribution in [3.63, 3.8) is 0 Å². The Morgan fingerprint density at radius 1 is 1.57 bits per heavy atom. The van der Waals surface area contributed by atoms with Crippen molar-refractivity contribution in [3.05, 3.63) is 0 Å². The first-order valence-corrected chi connectivity index (χ1v) is 2.47. The number of hydrogen-bond donors (Lipinski definition) is 1. The average molecular weight is 101 g/mol. The van der Waals surface area contributed by atoms with Gasteiger partial charge in [0.1, 0.15) is 0 Å². The van der Waals surface area contributed by atoms with Crippen LogP contribution in [0.4, 0.5) is 0 Å². The predicted octanol–water partition coefficient (Wildman–Crippen LogP) is 0.0257. The molecule has 0 rings (SSSR count). The molecule has 0 spiro atoms. The molecule has 0 bridgehead atoms. The first-order chi connectivity index (χ1) is 3.18. The highest BCUT2D eigenvalue weighted by Crippen LogP contribution is 1.70. The van der Waals surface area contributed by atoms with E-state index in [1.54, 1.807) is 0 Å². The van der Waals surface area contributed by atoms with E-state index in [4.69, 9.17) is 5.73 Å². The van der Waals surface area contributed by atoms with E-state index in [1.165, 1.54) is 0 Å². The summed E-state index contributed by atoms with van der Waals surface area (Å²) in [5.74, 6) is 0.931. The van der Waals surface area contributed by atoms with Gasteiger partial charge in [0.05, 0.1) is 14.1 Å². The second kappa shape index (κ2) is 2.61. The second-order valence-electron chi connectivity index (χ2n) is 1.74. The number of amidine groups is 1. The zero-order valence-electron chi connectivity index (χ0n) is 5.23. The molecule has 7 heavy (non-hydrogen) atoms. The van der Waals surface area contributed by atoms with Crippen molar-refractivity contribution in [2.75, 3.05) is 14.1 Å². The van der Waals surface area contributed by atoms with Crippen molar-refractivity contribution in [3.8, 4) is 0 Å². The molecule has 0 aromatic carbocycles. The van der Waals surface area contributed by atoms with Gasteiger partial charge in [0.2, 0.25) is 5.84 Å². The molecular weight excluding hydrogens is 88.1 g/mol. The van der Waals surface area contributed by atoms with Crippen LogP contribution in [0.15, 0.2) is 0 Å². The van der Waals surface area contributed by atoms with Gasteiger partial charge in [-0.1, -0.05) is 6.92 Å². The zero-order chi connectivity index (χ0) is 5.86. The van der Waals surface area contributed by atoms with E-state index < -0.39 is 0 Å². The van der Waals surface area contributed by atoms with Crippen molar-refractivity contribution >= 4 is 5.84 Å². The lowest BCUT2D eigenvalue weighted by Crippen LogP contribution is -2.21. The molecule has 0 saturated carbocycles. The fourth-order valence-corrected chi connectivity index (χ4v) is 0.316. The molecule has 0 unspecified atom stereocenters. The highest BCUT2D eigenvalue weighted by Gasteiger charge is 1.91. The molecule has 2 heteroatoms. The molecule has 0 aliphatic heterocycles. The Morgan fingerprint density at radius 2 is 2.00 bits per heavy atom. The molecule has 2 nitrogen and oxygen atoms in total. The van der Waals surface area contributed by atoms with Crippen LogP contribution in [0.3, 0.4) is 0 Å². The van der Waals surface area contributed by atoms with Crippen LogP contribution in [-0.4, -0.2) is 24.5 Å². The maximum absolute atomic E-state index is 5.46. The molecule has 0 radical (unpaired) electrons. The highest BCUT2D eigenvalue weighted by molar-refractivity contribution is 5.74. The summed E-state index contributed by atoms with van der Waals surface area (Å²) >= 11 is 0. The van der Waals surface area contributed by atoms with Crippen LogP contribution >= 0.6 is 0 Å². The quantitative estimate of drug-likeness (QED) is 0.282. The molecule has 42 valence electrons. The summed E-state index contributed by atoms with van der Waals surface area (Å²) in [6, 6.07) is 0. The van der Waals surface area contributed by atoms with E-state index in [-0.39, 0.29) is 0 Å². The Hall–Kier alpha value is -0.530. The van der Waals surface area contributed by atoms with Crippen molar-refractivity contribution < 1.29 is 4.58 Å². The van der Waals surface area contributed by atoms with Crippen molar-refractivity contribution in [1.29, 1.82) is 0 Å². The van der Waals surface area contributed by atoms with Gasteiger partial charge in [0.15, 0.2) is 0 Å². The van der Waals surface area contributed by atoms with Crippen LogP contribution in [0.25, 0.3) is 0 Å². The minimum atomic E-state index is 0.931. The first-order valence-electron chi connectivity index (χ1n) is 2.47. The van der Waals surface area contributed by atoms with Crippen LogP contribution in [0.5, 0.6) is 0 Å². The molecule has 0 saturated heterocycles. The molecule has 0 heterocycles. The summed E-state index contributed by atoms with van der Waals surface area (Å²) in [7, 11) is 3.89. The van der Waals surface area contributed by atoms with E-state index >= 15 is 0 Å². The number of nitrogens with zero attached hydrogens (tertiary/aromatic N) is 1. The zero-order valence-corrected chi connectivity index (χ0v) is 5.23. The number of nitrogens with two attached hydrogens (primary N) is 1. The third-order valence-corrected chi connectivity index (χ3v) is 0.937. The summed E-state index contributed by atoms with van der Waals surface area (Å²) in [5.41, 5.74) is 5.46. The van der Waals surface area contributed by atoms with E-state index in [2.05, 4.69) is 0 Å². The minimum absolute atomic E-state index is 0.931. The Kier molecular flexibility index (Phi) is 2.41. The van der Waals surface area contributed by atoms with Gasteiger partial charge >= 0.3 is 0 Å². The Bertz CT molecular complexity index is 80.1. The van der Waals surface area contributed by atoms with Crippen LogP contribution in [0, 0.1) is 0 Å². The fraction of sp³-hybridized carbons (Fsp3) is 0.800. The lowest BCUT2D eigenvalue weighted by atomic mass is 10.4. The largest absolute Gasteiger partial charge is 0.291 e. The minimum Gasteiger partial charge on any atom is -0.291 e. The highest BCUT2D eigenvalue weighted by atomic mass is 15.0. The summed E-state index contributed by atoms with van der Waals surface area (Å²) in [6.07, 6.45) is 0.938. The van der Waals surface area contributed by atoms with Crippen LogP contribution < -0.4 is 5.73 Å². The third kappa shape index (κ3) is 2.20. The monoisotopic (exact) mass is 101 g/mol. The van der Waals surface area contributed by atoms with E-state index in [0.29, 0.717) is 0 Å². The third-order valence-electron chi connectivity index (χ3n) is 0.937. The maximum Gasteiger partial charge on any atom is 0.241 e. The fourth-order valence-electron chi connectivity index (χ4n) is 0.316. The Morgan fingerprint density at radius 3 is 2.00 bits per heavy atom. The molecule has 2 N–H and O–H groups in total. The van der Waals surface area contributed by atoms with E-state index in [0.717, 1.165) is 12.3 Å². The van der Waals surface area contributed by atoms with Gasteiger partial charge in [0, 0.05) is 6.42 Å².